The number of nitro groups is 1. The summed E-state index contributed by atoms with van der Waals surface area (Å²) in [5, 5.41) is 17.3. The van der Waals surface area contributed by atoms with Crippen LogP contribution in [0.2, 0.25) is 0 Å². The van der Waals surface area contributed by atoms with Crippen molar-refractivity contribution in [2.24, 2.45) is 0 Å². The minimum atomic E-state index is -1.29. The van der Waals surface area contributed by atoms with Crippen LogP contribution in [-0.4, -0.2) is 26.2 Å². The third-order valence-corrected chi connectivity index (χ3v) is 2.09. The third kappa shape index (κ3) is 1.93. The molecule has 0 fully saturated rings. The van der Waals surface area contributed by atoms with Gasteiger partial charge in [-0.3, -0.25) is 14.9 Å². The predicted molar refractivity (Wildman–Crippen MR) is 53.3 cm³/mol. The Morgan fingerprint density at radius 1 is 1.33 bits per heavy atom. The van der Waals surface area contributed by atoms with Gasteiger partial charge in [0.15, 0.2) is 12.1 Å². The SMILES string of the molecule is O=Cc1cn(-c2cc([N+](=O)[O-])c(F)cc2F)nn1. The molecule has 7 nitrogen and oxygen atoms in total. The number of nitro benzene ring substituents is 1. The maximum atomic E-state index is 13.5. The molecular weight excluding hydrogens is 250 g/mol. The van der Waals surface area contributed by atoms with Crippen molar-refractivity contribution in [1.29, 1.82) is 0 Å². The molecule has 0 amide bonds. The standard InChI is InChI=1S/C9H4F2N4O3/c10-6-1-7(11)9(15(17)18)2-8(6)14-3-5(4-16)12-13-14/h1-4H. The van der Waals surface area contributed by atoms with E-state index in [9.17, 15) is 23.7 Å². The van der Waals surface area contributed by atoms with E-state index in [0.717, 1.165) is 10.9 Å². The molecule has 0 saturated carbocycles. The second-order valence-electron chi connectivity index (χ2n) is 3.22. The number of halogens is 2. The lowest BCUT2D eigenvalue weighted by Crippen LogP contribution is -2.02. The molecule has 0 unspecified atom stereocenters. The number of benzene rings is 1. The Kier molecular flexibility index (Phi) is 2.80. The molecule has 9 heteroatoms. The normalized spacial score (nSPS) is 10.3. The third-order valence-electron chi connectivity index (χ3n) is 2.09. The fourth-order valence-corrected chi connectivity index (χ4v) is 1.29. The van der Waals surface area contributed by atoms with Gasteiger partial charge in [0.1, 0.15) is 11.4 Å². The van der Waals surface area contributed by atoms with Gasteiger partial charge in [-0.1, -0.05) is 5.21 Å². The number of aromatic nitrogens is 3. The summed E-state index contributed by atoms with van der Waals surface area (Å²) >= 11 is 0. The summed E-state index contributed by atoms with van der Waals surface area (Å²) in [6.07, 6.45) is 1.44. The number of carbonyl (C=O) groups is 1. The molecule has 0 N–H and O–H groups in total. The highest BCUT2D eigenvalue weighted by Crippen LogP contribution is 2.23. The van der Waals surface area contributed by atoms with Crippen LogP contribution in [0.3, 0.4) is 0 Å². The van der Waals surface area contributed by atoms with Gasteiger partial charge in [0, 0.05) is 12.1 Å². The van der Waals surface area contributed by atoms with Crippen molar-refractivity contribution < 1.29 is 18.5 Å². The van der Waals surface area contributed by atoms with Crippen LogP contribution in [0, 0.1) is 21.7 Å². The minimum Gasteiger partial charge on any atom is -0.296 e. The van der Waals surface area contributed by atoms with Crippen LogP contribution in [0.4, 0.5) is 14.5 Å². The van der Waals surface area contributed by atoms with Crippen molar-refractivity contribution in [1.82, 2.24) is 15.0 Å². The first-order chi connectivity index (χ1) is 8.52. The largest absolute Gasteiger partial charge is 0.307 e. The monoisotopic (exact) mass is 254 g/mol. The molecule has 0 atom stereocenters. The average molecular weight is 254 g/mol. The van der Waals surface area contributed by atoms with Gasteiger partial charge in [-0.25, -0.2) is 9.07 Å². The summed E-state index contributed by atoms with van der Waals surface area (Å²) in [6, 6.07) is 1.05. The van der Waals surface area contributed by atoms with Crippen LogP contribution < -0.4 is 0 Å². The van der Waals surface area contributed by atoms with Gasteiger partial charge in [-0.15, -0.1) is 5.10 Å². The average Bonchev–Trinajstić information content (AvgIpc) is 2.77. The summed E-state index contributed by atoms with van der Waals surface area (Å²) in [5.41, 5.74) is -1.35. The van der Waals surface area contributed by atoms with Crippen molar-refractivity contribution in [3.8, 4) is 5.69 Å². The number of hydrogen-bond donors (Lipinski definition) is 0. The highest BCUT2D eigenvalue weighted by Gasteiger charge is 2.20. The molecule has 1 heterocycles. The zero-order chi connectivity index (χ0) is 13.3. The van der Waals surface area contributed by atoms with E-state index in [0.29, 0.717) is 18.4 Å². The van der Waals surface area contributed by atoms with Gasteiger partial charge < -0.3 is 0 Å². The molecule has 2 aromatic rings. The van der Waals surface area contributed by atoms with E-state index in [1.165, 1.54) is 0 Å². The Morgan fingerprint density at radius 3 is 2.61 bits per heavy atom. The van der Waals surface area contributed by atoms with E-state index >= 15 is 0 Å². The molecule has 0 saturated heterocycles. The minimum absolute atomic E-state index is 0.0821. The van der Waals surface area contributed by atoms with Gasteiger partial charge in [0.05, 0.1) is 11.1 Å². The highest BCUT2D eigenvalue weighted by atomic mass is 19.1. The molecule has 2 rings (SSSR count). The van der Waals surface area contributed by atoms with E-state index in [2.05, 4.69) is 10.3 Å². The van der Waals surface area contributed by atoms with Crippen LogP contribution in [0.1, 0.15) is 10.5 Å². The summed E-state index contributed by atoms with van der Waals surface area (Å²) in [5.74, 6) is -2.35. The van der Waals surface area contributed by atoms with E-state index in [4.69, 9.17) is 0 Å². The summed E-state index contributed by atoms with van der Waals surface area (Å²) in [6.45, 7) is 0. The number of rotatable bonds is 3. The molecule has 18 heavy (non-hydrogen) atoms. The van der Waals surface area contributed by atoms with Crippen molar-refractivity contribution in [2.45, 2.75) is 0 Å². The first kappa shape index (κ1) is 11.8. The number of carbonyl (C=O) groups excluding carboxylic acids is 1. The van der Waals surface area contributed by atoms with Crippen LogP contribution in [-0.2, 0) is 0 Å². The molecule has 1 aromatic carbocycles. The van der Waals surface area contributed by atoms with Crippen LogP contribution in [0.5, 0.6) is 0 Å². The van der Waals surface area contributed by atoms with Gasteiger partial charge in [0.2, 0.25) is 5.82 Å². The smallest absolute Gasteiger partial charge is 0.296 e. The molecule has 1 aromatic heterocycles. The lowest BCUT2D eigenvalue weighted by atomic mass is 10.2. The molecular formula is C9H4F2N4O3. The first-order valence-electron chi connectivity index (χ1n) is 4.54. The predicted octanol–water partition coefficient (Wildman–Crippen LogP) is 1.27. The molecule has 0 bridgehead atoms. The molecule has 92 valence electrons. The highest BCUT2D eigenvalue weighted by molar-refractivity contribution is 5.70. The summed E-state index contributed by atoms with van der Waals surface area (Å²) < 4.78 is 27.3. The first-order valence-corrected chi connectivity index (χ1v) is 4.54. The van der Waals surface area contributed by atoms with E-state index in [-0.39, 0.29) is 11.4 Å². The molecule has 0 radical (unpaired) electrons. The van der Waals surface area contributed by atoms with Crippen molar-refractivity contribution in [2.75, 3.05) is 0 Å². The maximum absolute atomic E-state index is 13.5. The van der Waals surface area contributed by atoms with E-state index in [1.54, 1.807) is 0 Å². The Labute approximate surface area is 97.8 Å². The van der Waals surface area contributed by atoms with Crippen molar-refractivity contribution >= 4 is 12.0 Å². The molecule has 0 aliphatic rings. The molecule has 0 spiro atoms. The van der Waals surface area contributed by atoms with E-state index in [1.807, 2.05) is 0 Å². The Morgan fingerprint density at radius 2 is 2.06 bits per heavy atom. The Hall–Kier alpha value is -2.71. The van der Waals surface area contributed by atoms with Crippen molar-refractivity contribution in [3.05, 3.63) is 45.8 Å². The molecule has 0 aliphatic heterocycles. The Balaban J connectivity index is 2.59. The van der Waals surface area contributed by atoms with Crippen LogP contribution in [0.25, 0.3) is 5.69 Å². The fraction of sp³-hybridized carbons (Fsp3) is 0. The summed E-state index contributed by atoms with van der Waals surface area (Å²) in [7, 11) is 0. The van der Waals surface area contributed by atoms with Gasteiger partial charge in [-0.05, 0) is 0 Å². The van der Waals surface area contributed by atoms with Crippen molar-refractivity contribution in [3.63, 3.8) is 0 Å². The second kappa shape index (κ2) is 4.28. The Bertz CT molecular complexity index is 641. The zero-order valence-corrected chi connectivity index (χ0v) is 8.58. The molecule has 0 aliphatic carbocycles. The number of aldehydes is 1. The fourth-order valence-electron chi connectivity index (χ4n) is 1.29. The maximum Gasteiger partial charge on any atom is 0.307 e. The topological polar surface area (TPSA) is 90.9 Å². The summed E-state index contributed by atoms with van der Waals surface area (Å²) in [4.78, 5) is 19.9. The van der Waals surface area contributed by atoms with Gasteiger partial charge in [0.25, 0.3) is 0 Å². The van der Waals surface area contributed by atoms with Crippen LogP contribution in [0.15, 0.2) is 18.3 Å². The lowest BCUT2D eigenvalue weighted by Gasteiger charge is -2.02. The van der Waals surface area contributed by atoms with Gasteiger partial charge in [-0.2, -0.15) is 4.39 Å². The quantitative estimate of drug-likeness (QED) is 0.467. The number of nitrogens with zero attached hydrogens (tertiary/aromatic N) is 4. The zero-order valence-electron chi connectivity index (χ0n) is 8.58. The lowest BCUT2D eigenvalue weighted by molar-refractivity contribution is -0.387. The number of hydrogen-bond acceptors (Lipinski definition) is 5. The van der Waals surface area contributed by atoms with E-state index < -0.39 is 22.2 Å². The second-order valence-corrected chi connectivity index (χ2v) is 3.22. The van der Waals surface area contributed by atoms with Gasteiger partial charge >= 0.3 is 5.69 Å². The van der Waals surface area contributed by atoms with Crippen LogP contribution >= 0.6 is 0 Å².